The molecule has 2 aliphatic rings. The molecule has 154 valence electrons. The Morgan fingerprint density at radius 3 is 2.39 bits per heavy atom. The first-order chi connectivity index (χ1) is 13.5. The zero-order chi connectivity index (χ0) is 19.9. The molecule has 3 rings (SSSR count). The number of aryl methyl sites for hydroxylation is 1. The maximum atomic E-state index is 12.6. The van der Waals surface area contributed by atoms with Gasteiger partial charge in [-0.1, -0.05) is 29.8 Å². The van der Waals surface area contributed by atoms with E-state index in [1.165, 1.54) is 17.5 Å². The first kappa shape index (κ1) is 21.2. The summed E-state index contributed by atoms with van der Waals surface area (Å²) >= 11 is 1.68. The number of piperidine rings is 1. The number of carbonyl (C=O) groups is 2. The van der Waals surface area contributed by atoms with Gasteiger partial charge < -0.3 is 9.80 Å². The topological polar surface area (TPSA) is 43.9 Å². The number of amides is 2. The number of hydrogen-bond donors (Lipinski definition) is 0. The average Bonchev–Trinajstić information content (AvgIpc) is 2.70. The molecule has 0 N–H and O–H groups in total. The summed E-state index contributed by atoms with van der Waals surface area (Å²) in [5.41, 5.74) is 2.52. The van der Waals surface area contributed by atoms with Crippen molar-refractivity contribution in [3.8, 4) is 0 Å². The van der Waals surface area contributed by atoms with E-state index in [1.807, 2.05) is 9.80 Å². The third-order valence-electron chi connectivity index (χ3n) is 5.82. The van der Waals surface area contributed by atoms with E-state index in [9.17, 15) is 9.59 Å². The lowest BCUT2D eigenvalue weighted by molar-refractivity contribution is -0.136. The summed E-state index contributed by atoms with van der Waals surface area (Å²) in [5, 5.41) is 0. The lowest BCUT2D eigenvalue weighted by Crippen LogP contribution is -2.53. The van der Waals surface area contributed by atoms with Crippen molar-refractivity contribution in [2.45, 2.75) is 44.9 Å². The smallest absolute Gasteiger partial charge is 0.236 e. The van der Waals surface area contributed by atoms with Crippen LogP contribution in [0.25, 0.3) is 0 Å². The minimum Gasteiger partial charge on any atom is -0.339 e. The molecule has 1 aromatic rings. The third-order valence-corrected chi connectivity index (χ3v) is 6.81. The Morgan fingerprint density at radius 1 is 1.00 bits per heavy atom. The van der Waals surface area contributed by atoms with Crippen LogP contribution in [0.4, 0.5) is 0 Å². The molecule has 1 aromatic carbocycles. The molecule has 1 atom stereocenters. The fourth-order valence-electron chi connectivity index (χ4n) is 3.94. The number of carbonyl (C=O) groups excluding carboxylic acids is 2. The number of piperazine rings is 1. The van der Waals surface area contributed by atoms with Gasteiger partial charge in [-0.3, -0.25) is 14.5 Å². The van der Waals surface area contributed by atoms with Crippen molar-refractivity contribution < 1.29 is 9.59 Å². The number of thioether (sulfide) groups is 1. The Labute approximate surface area is 173 Å². The van der Waals surface area contributed by atoms with Crippen LogP contribution in [0.5, 0.6) is 0 Å². The third kappa shape index (κ3) is 5.98. The standard InChI is InChI=1S/C22H33N3O2S/c1-18-6-8-20(9-7-18)16-28-17-22(27)24-13-11-23(12-14-24)15-21(26)25-10-4-3-5-19(25)2/h6-9,19H,3-5,10-17H2,1-2H3. The predicted molar refractivity (Wildman–Crippen MR) is 115 cm³/mol. The SMILES string of the molecule is Cc1ccc(CSCC(=O)N2CCN(CC(=O)N3CCCCC3C)CC2)cc1. The Bertz CT molecular complexity index is 656. The van der Waals surface area contributed by atoms with Crippen LogP contribution in [0, 0.1) is 6.92 Å². The zero-order valence-electron chi connectivity index (χ0n) is 17.2. The molecule has 1 unspecified atom stereocenters. The van der Waals surface area contributed by atoms with Crippen molar-refractivity contribution in [2.75, 3.05) is 45.0 Å². The molecule has 0 spiro atoms. The average molecular weight is 404 g/mol. The normalized spacial score (nSPS) is 21.0. The van der Waals surface area contributed by atoms with Crippen LogP contribution in [0.3, 0.4) is 0 Å². The van der Waals surface area contributed by atoms with E-state index in [0.717, 1.165) is 51.3 Å². The summed E-state index contributed by atoms with van der Waals surface area (Å²) in [4.78, 5) is 31.3. The summed E-state index contributed by atoms with van der Waals surface area (Å²) in [6, 6.07) is 8.86. The van der Waals surface area contributed by atoms with Crippen molar-refractivity contribution in [2.24, 2.45) is 0 Å². The lowest BCUT2D eigenvalue weighted by Gasteiger charge is -2.38. The Morgan fingerprint density at radius 2 is 1.71 bits per heavy atom. The molecule has 5 nitrogen and oxygen atoms in total. The quantitative estimate of drug-likeness (QED) is 0.733. The molecule has 0 radical (unpaired) electrons. The molecule has 0 bridgehead atoms. The van der Waals surface area contributed by atoms with Gasteiger partial charge in [0.1, 0.15) is 0 Å². The monoisotopic (exact) mass is 403 g/mol. The molecule has 0 aliphatic carbocycles. The highest BCUT2D eigenvalue weighted by atomic mass is 32.2. The molecule has 2 amide bonds. The highest BCUT2D eigenvalue weighted by molar-refractivity contribution is 7.99. The minimum absolute atomic E-state index is 0.216. The van der Waals surface area contributed by atoms with Crippen molar-refractivity contribution >= 4 is 23.6 Å². The predicted octanol–water partition coefficient (Wildman–Crippen LogP) is 2.77. The van der Waals surface area contributed by atoms with Crippen LogP contribution in [0.2, 0.25) is 0 Å². The summed E-state index contributed by atoms with van der Waals surface area (Å²) in [5.74, 6) is 1.86. The second kappa shape index (κ2) is 10.3. The van der Waals surface area contributed by atoms with Crippen molar-refractivity contribution in [1.29, 1.82) is 0 Å². The molecule has 0 saturated carbocycles. The second-order valence-corrected chi connectivity index (χ2v) is 9.05. The molecule has 2 fully saturated rings. The number of benzene rings is 1. The first-order valence-electron chi connectivity index (χ1n) is 10.5. The van der Waals surface area contributed by atoms with E-state index in [0.29, 0.717) is 18.3 Å². The maximum Gasteiger partial charge on any atom is 0.236 e. The number of likely N-dealkylation sites (tertiary alicyclic amines) is 1. The van der Waals surface area contributed by atoms with Gasteiger partial charge in [0.15, 0.2) is 0 Å². The molecular formula is C22H33N3O2S. The van der Waals surface area contributed by atoms with Crippen LogP contribution >= 0.6 is 11.8 Å². The van der Waals surface area contributed by atoms with Crippen molar-refractivity contribution in [1.82, 2.24) is 14.7 Å². The van der Waals surface area contributed by atoms with E-state index in [2.05, 4.69) is 43.0 Å². The molecular weight excluding hydrogens is 370 g/mol. The Hall–Kier alpha value is -1.53. The van der Waals surface area contributed by atoms with Gasteiger partial charge in [-0.2, -0.15) is 0 Å². The summed E-state index contributed by atoms with van der Waals surface area (Å²) in [7, 11) is 0. The molecule has 28 heavy (non-hydrogen) atoms. The molecule has 2 aliphatic heterocycles. The molecule has 2 saturated heterocycles. The fraction of sp³-hybridized carbons (Fsp3) is 0.636. The highest BCUT2D eigenvalue weighted by Gasteiger charge is 2.27. The van der Waals surface area contributed by atoms with Gasteiger partial charge in [-0.25, -0.2) is 0 Å². The summed E-state index contributed by atoms with van der Waals surface area (Å²) < 4.78 is 0. The van der Waals surface area contributed by atoms with Gasteiger partial charge in [-0.15, -0.1) is 11.8 Å². The number of rotatable bonds is 6. The number of hydrogen-bond acceptors (Lipinski definition) is 4. The maximum absolute atomic E-state index is 12.6. The van der Waals surface area contributed by atoms with E-state index >= 15 is 0 Å². The van der Waals surface area contributed by atoms with Gasteiger partial charge in [0, 0.05) is 44.5 Å². The Balaban J connectivity index is 1.35. The Kier molecular flexibility index (Phi) is 7.80. The summed E-state index contributed by atoms with van der Waals surface area (Å²) in [6.45, 7) is 8.68. The van der Waals surface area contributed by atoms with Crippen LogP contribution < -0.4 is 0 Å². The molecule has 2 heterocycles. The number of nitrogens with zero attached hydrogens (tertiary/aromatic N) is 3. The first-order valence-corrected chi connectivity index (χ1v) is 11.6. The van der Waals surface area contributed by atoms with Gasteiger partial charge in [0.25, 0.3) is 0 Å². The van der Waals surface area contributed by atoms with Crippen LogP contribution in [0.15, 0.2) is 24.3 Å². The van der Waals surface area contributed by atoms with Crippen LogP contribution in [0.1, 0.15) is 37.3 Å². The molecule has 6 heteroatoms. The lowest BCUT2D eigenvalue weighted by atomic mass is 10.0. The second-order valence-electron chi connectivity index (χ2n) is 8.07. The van der Waals surface area contributed by atoms with Crippen LogP contribution in [-0.2, 0) is 15.3 Å². The van der Waals surface area contributed by atoms with E-state index in [4.69, 9.17) is 0 Å². The van der Waals surface area contributed by atoms with E-state index in [1.54, 1.807) is 11.8 Å². The van der Waals surface area contributed by atoms with Crippen molar-refractivity contribution in [3.63, 3.8) is 0 Å². The highest BCUT2D eigenvalue weighted by Crippen LogP contribution is 2.17. The largest absolute Gasteiger partial charge is 0.339 e. The van der Waals surface area contributed by atoms with E-state index in [-0.39, 0.29) is 11.8 Å². The van der Waals surface area contributed by atoms with Gasteiger partial charge >= 0.3 is 0 Å². The van der Waals surface area contributed by atoms with Gasteiger partial charge in [-0.05, 0) is 38.7 Å². The summed E-state index contributed by atoms with van der Waals surface area (Å²) in [6.07, 6.45) is 3.47. The minimum atomic E-state index is 0.216. The van der Waals surface area contributed by atoms with Crippen LogP contribution in [-0.4, -0.2) is 77.6 Å². The van der Waals surface area contributed by atoms with E-state index < -0.39 is 0 Å². The zero-order valence-corrected chi connectivity index (χ0v) is 18.0. The molecule has 0 aromatic heterocycles. The van der Waals surface area contributed by atoms with Gasteiger partial charge in [0.05, 0.1) is 12.3 Å². The fourth-order valence-corrected chi connectivity index (χ4v) is 4.83. The van der Waals surface area contributed by atoms with Crippen molar-refractivity contribution in [3.05, 3.63) is 35.4 Å². The van der Waals surface area contributed by atoms with Gasteiger partial charge in [0.2, 0.25) is 11.8 Å².